The minimum Gasteiger partial charge on any atom is -0.335 e. The van der Waals surface area contributed by atoms with E-state index >= 15 is 0 Å². The normalized spacial score (nSPS) is 14.1. The number of rotatable bonds is 4. The van der Waals surface area contributed by atoms with Gasteiger partial charge in [-0.05, 0) is 31.0 Å². The fourth-order valence-corrected chi connectivity index (χ4v) is 1.88. The standard InChI is InChI=1S/C14H15FN4O/c15-13-8-12(19-7-1-6-17-19)5-2-10(13)9-16-14(20)18-11-3-4-11/h1-2,5-8,11H,3-4,9H2,(H2,16,18,20). The molecule has 6 heteroatoms. The van der Waals surface area contributed by atoms with Crippen LogP contribution in [-0.4, -0.2) is 21.9 Å². The van der Waals surface area contributed by atoms with E-state index in [2.05, 4.69) is 15.7 Å². The van der Waals surface area contributed by atoms with Crippen molar-refractivity contribution in [1.29, 1.82) is 0 Å². The van der Waals surface area contributed by atoms with Crippen LogP contribution in [0.25, 0.3) is 5.69 Å². The van der Waals surface area contributed by atoms with Crippen molar-refractivity contribution in [3.8, 4) is 5.69 Å². The van der Waals surface area contributed by atoms with E-state index in [1.165, 1.54) is 6.07 Å². The molecule has 2 amide bonds. The number of urea groups is 1. The lowest BCUT2D eigenvalue weighted by Crippen LogP contribution is -2.36. The number of amides is 2. The Kier molecular flexibility index (Phi) is 3.37. The number of hydrogen-bond donors (Lipinski definition) is 2. The molecule has 1 aliphatic rings. The van der Waals surface area contributed by atoms with Gasteiger partial charge in [-0.1, -0.05) is 6.07 Å². The molecule has 1 heterocycles. The first-order valence-corrected chi connectivity index (χ1v) is 6.55. The van der Waals surface area contributed by atoms with E-state index in [1.54, 1.807) is 35.3 Å². The fourth-order valence-electron chi connectivity index (χ4n) is 1.88. The molecule has 3 rings (SSSR count). The lowest BCUT2D eigenvalue weighted by atomic mass is 10.2. The van der Waals surface area contributed by atoms with Crippen LogP contribution in [0, 0.1) is 5.82 Å². The number of nitrogens with one attached hydrogen (secondary N) is 2. The molecule has 0 spiro atoms. The predicted molar refractivity (Wildman–Crippen MR) is 71.9 cm³/mol. The van der Waals surface area contributed by atoms with Gasteiger partial charge in [0.25, 0.3) is 0 Å². The van der Waals surface area contributed by atoms with Gasteiger partial charge in [-0.25, -0.2) is 13.9 Å². The highest BCUT2D eigenvalue weighted by molar-refractivity contribution is 5.74. The molecule has 1 saturated carbocycles. The first-order chi connectivity index (χ1) is 9.72. The molecular weight excluding hydrogens is 259 g/mol. The van der Waals surface area contributed by atoms with E-state index in [4.69, 9.17) is 0 Å². The third kappa shape index (κ3) is 2.96. The van der Waals surface area contributed by atoms with Crippen LogP contribution < -0.4 is 10.6 Å². The minimum absolute atomic E-state index is 0.170. The topological polar surface area (TPSA) is 59.0 Å². The summed E-state index contributed by atoms with van der Waals surface area (Å²) in [7, 11) is 0. The molecule has 2 aromatic rings. The maximum Gasteiger partial charge on any atom is 0.315 e. The highest BCUT2D eigenvalue weighted by atomic mass is 19.1. The minimum atomic E-state index is -0.357. The van der Waals surface area contributed by atoms with Gasteiger partial charge in [0.15, 0.2) is 0 Å². The molecule has 20 heavy (non-hydrogen) atoms. The smallest absolute Gasteiger partial charge is 0.315 e. The molecule has 104 valence electrons. The first-order valence-electron chi connectivity index (χ1n) is 6.55. The summed E-state index contributed by atoms with van der Waals surface area (Å²) in [4.78, 5) is 11.5. The summed E-state index contributed by atoms with van der Waals surface area (Å²) in [5.41, 5.74) is 1.10. The van der Waals surface area contributed by atoms with Crippen LogP contribution in [0.15, 0.2) is 36.7 Å². The number of aromatic nitrogens is 2. The van der Waals surface area contributed by atoms with Crippen molar-refractivity contribution in [2.75, 3.05) is 0 Å². The Morgan fingerprint density at radius 2 is 2.30 bits per heavy atom. The summed E-state index contributed by atoms with van der Waals surface area (Å²) in [5.74, 6) is -0.357. The van der Waals surface area contributed by atoms with Gasteiger partial charge in [-0.15, -0.1) is 0 Å². The number of hydrogen-bond acceptors (Lipinski definition) is 2. The van der Waals surface area contributed by atoms with E-state index in [0.717, 1.165) is 12.8 Å². The maximum atomic E-state index is 14.0. The van der Waals surface area contributed by atoms with Crippen molar-refractivity contribution >= 4 is 6.03 Å². The van der Waals surface area contributed by atoms with Gasteiger partial charge in [0, 0.05) is 30.5 Å². The molecular formula is C14H15FN4O. The molecule has 1 aliphatic carbocycles. The average Bonchev–Trinajstić information content (AvgIpc) is 3.07. The van der Waals surface area contributed by atoms with Crippen molar-refractivity contribution in [2.24, 2.45) is 0 Å². The number of benzene rings is 1. The molecule has 1 aromatic carbocycles. The summed E-state index contributed by atoms with van der Waals surface area (Å²) >= 11 is 0. The van der Waals surface area contributed by atoms with Gasteiger partial charge in [0.05, 0.1) is 5.69 Å². The van der Waals surface area contributed by atoms with Crippen LogP contribution in [-0.2, 0) is 6.54 Å². The zero-order valence-corrected chi connectivity index (χ0v) is 10.8. The molecule has 0 radical (unpaired) electrons. The van der Waals surface area contributed by atoms with Gasteiger partial charge >= 0.3 is 6.03 Å². The zero-order valence-electron chi connectivity index (χ0n) is 10.8. The second kappa shape index (κ2) is 5.32. The Morgan fingerprint density at radius 1 is 1.45 bits per heavy atom. The number of carbonyl (C=O) groups is 1. The molecule has 1 fully saturated rings. The molecule has 0 atom stereocenters. The van der Waals surface area contributed by atoms with Gasteiger partial charge in [-0.2, -0.15) is 5.10 Å². The lowest BCUT2D eigenvalue weighted by molar-refractivity contribution is 0.240. The van der Waals surface area contributed by atoms with Crippen LogP contribution in [0.2, 0.25) is 0 Å². The second-order valence-electron chi connectivity index (χ2n) is 4.83. The van der Waals surface area contributed by atoms with Crippen molar-refractivity contribution in [1.82, 2.24) is 20.4 Å². The van der Waals surface area contributed by atoms with Gasteiger partial charge in [0.1, 0.15) is 5.82 Å². The molecule has 2 N–H and O–H groups in total. The maximum absolute atomic E-state index is 14.0. The Morgan fingerprint density at radius 3 is 2.95 bits per heavy atom. The molecule has 1 aromatic heterocycles. The summed E-state index contributed by atoms with van der Waals surface area (Å²) in [6, 6.07) is 6.65. The van der Waals surface area contributed by atoms with Crippen LogP contribution in [0.5, 0.6) is 0 Å². The van der Waals surface area contributed by atoms with Crippen LogP contribution in [0.3, 0.4) is 0 Å². The Bertz CT molecular complexity index is 608. The number of nitrogens with zero attached hydrogens (tertiary/aromatic N) is 2. The summed E-state index contributed by atoms with van der Waals surface area (Å²) in [6.45, 7) is 0.170. The van der Waals surface area contributed by atoms with E-state index in [1.807, 2.05) is 0 Å². The Labute approximate surface area is 115 Å². The van der Waals surface area contributed by atoms with Crippen LogP contribution in [0.4, 0.5) is 9.18 Å². The monoisotopic (exact) mass is 274 g/mol. The van der Waals surface area contributed by atoms with E-state index < -0.39 is 0 Å². The third-order valence-corrected chi connectivity index (χ3v) is 3.16. The summed E-state index contributed by atoms with van der Waals surface area (Å²) in [5, 5.41) is 9.48. The molecule has 0 unspecified atom stereocenters. The van der Waals surface area contributed by atoms with Crippen molar-refractivity contribution in [3.63, 3.8) is 0 Å². The van der Waals surface area contributed by atoms with Gasteiger partial charge in [0.2, 0.25) is 0 Å². The Balaban J connectivity index is 1.63. The number of halogens is 1. The third-order valence-electron chi connectivity index (χ3n) is 3.16. The van der Waals surface area contributed by atoms with Gasteiger partial charge in [-0.3, -0.25) is 0 Å². The molecule has 5 nitrogen and oxygen atoms in total. The largest absolute Gasteiger partial charge is 0.335 e. The van der Waals surface area contributed by atoms with Crippen molar-refractivity contribution in [2.45, 2.75) is 25.4 Å². The summed E-state index contributed by atoms with van der Waals surface area (Å²) < 4.78 is 15.5. The van der Waals surface area contributed by atoms with Gasteiger partial charge < -0.3 is 10.6 Å². The second-order valence-corrected chi connectivity index (χ2v) is 4.83. The average molecular weight is 274 g/mol. The molecule has 0 aliphatic heterocycles. The first kappa shape index (κ1) is 12.7. The van der Waals surface area contributed by atoms with E-state index in [0.29, 0.717) is 17.3 Å². The summed E-state index contributed by atoms with van der Waals surface area (Å²) in [6.07, 6.45) is 5.44. The van der Waals surface area contributed by atoms with Crippen LogP contribution in [0.1, 0.15) is 18.4 Å². The molecule has 0 bridgehead atoms. The van der Waals surface area contributed by atoms with E-state index in [-0.39, 0.29) is 18.4 Å². The number of carbonyl (C=O) groups excluding carboxylic acids is 1. The quantitative estimate of drug-likeness (QED) is 0.895. The van der Waals surface area contributed by atoms with Crippen LogP contribution >= 0.6 is 0 Å². The van der Waals surface area contributed by atoms with E-state index in [9.17, 15) is 9.18 Å². The highest BCUT2D eigenvalue weighted by Gasteiger charge is 2.23. The van der Waals surface area contributed by atoms with Crippen molar-refractivity contribution < 1.29 is 9.18 Å². The molecule has 0 saturated heterocycles. The SMILES string of the molecule is O=C(NCc1ccc(-n2cccn2)cc1F)NC1CC1. The predicted octanol–water partition coefficient (Wildman–Crippen LogP) is 1.97. The van der Waals surface area contributed by atoms with Crippen molar-refractivity contribution in [3.05, 3.63) is 48.0 Å². The highest BCUT2D eigenvalue weighted by Crippen LogP contribution is 2.18. The lowest BCUT2D eigenvalue weighted by Gasteiger charge is -2.09. The fraction of sp³-hybridized carbons (Fsp3) is 0.286. The Hall–Kier alpha value is -2.37. The zero-order chi connectivity index (χ0) is 13.9.